The zero-order chi connectivity index (χ0) is 30.4. The first kappa shape index (κ1) is 28.4. The highest BCUT2D eigenvalue weighted by Gasteiger charge is 2.33. The molecule has 6 aliphatic rings. The molecule has 0 saturated carbocycles. The summed E-state index contributed by atoms with van der Waals surface area (Å²) < 4.78 is 24.0. The summed E-state index contributed by atoms with van der Waals surface area (Å²) in [6.07, 6.45) is 3.02. The van der Waals surface area contributed by atoms with Gasteiger partial charge >= 0.3 is 0 Å². The molecule has 228 valence electrons. The summed E-state index contributed by atoms with van der Waals surface area (Å²) in [5.41, 5.74) is 7.24. The first-order valence-corrected chi connectivity index (χ1v) is 15.2. The number of nitrogens with zero attached hydrogens (tertiary/aromatic N) is 1. The second kappa shape index (κ2) is 11.6. The van der Waals surface area contributed by atoms with Gasteiger partial charge in [0.05, 0.1) is 14.2 Å². The van der Waals surface area contributed by atoms with Gasteiger partial charge in [-0.15, -0.1) is 0 Å². The quantitative estimate of drug-likeness (QED) is 0.260. The van der Waals surface area contributed by atoms with Crippen LogP contribution in [-0.4, -0.2) is 49.5 Å². The second-order valence-electron chi connectivity index (χ2n) is 11.9. The summed E-state index contributed by atoms with van der Waals surface area (Å²) in [6.45, 7) is 1.97. The van der Waals surface area contributed by atoms with Crippen LogP contribution in [0.5, 0.6) is 40.2 Å². The molecular formula is C36H38N2O6. The summed E-state index contributed by atoms with van der Waals surface area (Å²) in [5, 5.41) is 26.5. The van der Waals surface area contributed by atoms with Crippen molar-refractivity contribution in [3.63, 3.8) is 0 Å². The lowest BCUT2D eigenvalue weighted by atomic mass is 9.87. The third-order valence-corrected chi connectivity index (χ3v) is 9.28. The molecule has 4 aromatic rings. The molecule has 6 aliphatic heterocycles. The number of methoxy groups -OCH3 is 2. The van der Waals surface area contributed by atoms with Crippen LogP contribution in [0.2, 0.25) is 0 Å². The SMILES string of the molecule is COc1cc2c3c(c1O)Oc1ccc(cc1)C[C@@H]1NCCc4cc(OC)c(c(O)c41)OCc1ccc(cc1)C[C@H]3N(C)CC2. The van der Waals surface area contributed by atoms with E-state index in [4.69, 9.17) is 18.9 Å². The average molecular weight is 595 g/mol. The molecule has 8 nitrogen and oxygen atoms in total. The fourth-order valence-corrected chi connectivity index (χ4v) is 6.89. The van der Waals surface area contributed by atoms with Gasteiger partial charge in [0, 0.05) is 29.8 Å². The summed E-state index contributed by atoms with van der Waals surface area (Å²) >= 11 is 0. The Hall–Kier alpha value is -4.40. The summed E-state index contributed by atoms with van der Waals surface area (Å²) in [7, 11) is 5.30. The van der Waals surface area contributed by atoms with Gasteiger partial charge in [-0.2, -0.15) is 0 Å². The van der Waals surface area contributed by atoms with Gasteiger partial charge in [0.15, 0.2) is 23.0 Å². The number of ether oxygens (including phenoxy) is 4. The van der Waals surface area contributed by atoms with Crippen molar-refractivity contribution in [3.05, 3.63) is 99.6 Å². The Kier molecular flexibility index (Phi) is 7.48. The molecular weight excluding hydrogens is 556 g/mol. The maximum Gasteiger partial charge on any atom is 0.204 e. The fourth-order valence-electron chi connectivity index (χ4n) is 6.89. The van der Waals surface area contributed by atoms with Gasteiger partial charge in [-0.3, -0.25) is 4.90 Å². The van der Waals surface area contributed by atoms with E-state index >= 15 is 0 Å². The van der Waals surface area contributed by atoms with Crippen molar-refractivity contribution in [1.29, 1.82) is 0 Å². The maximum atomic E-state index is 11.5. The second-order valence-corrected chi connectivity index (χ2v) is 11.9. The van der Waals surface area contributed by atoms with Crippen molar-refractivity contribution >= 4 is 0 Å². The lowest BCUT2D eigenvalue weighted by Gasteiger charge is -2.36. The van der Waals surface area contributed by atoms with Crippen molar-refractivity contribution < 1.29 is 29.2 Å². The number of phenols is 2. The number of aromatic hydroxyl groups is 2. The van der Waals surface area contributed by atoms with E-state index in [1.165, 1.54) is 0 Å². The molecule has 8 heteroatoms. The Morgan fingerprint density at radius 1 is 0.773 bits per heavy atom. The largest absolute Gasteiger partial charge is 0.504 e. The number of nitrogens with one attached hydrogen (secondary N) is 1. The number of hydrogen-bond donors (Lipinski definition) is 3. The van der Waals surface area contributed by atoms with Gasteiger partial charge in [0.1, 0.15) is 12.4 Å². The molecule has 0 aromatic heterocycles. The van der Waals surface area contributed by atoms with Gasteiger partial charge in [-0.1, -0.05) is 36.4 Å². The Bertz CT molecular complexity index is 1690. The van der Waals surface area contributed by atoms with E-state index in [0.717, 1.165) is 71.3 Å². The zero-order valence-electron chi connectivity index (χ0n) is 25.4. The molecule has 10 rings (SSSR count). The zero-order valence-corrected chi connectivity index (χ0v) is 25.4. The van der Waals surface area contributed by atoms with Crippen LogP contribution in [0.15, 0.2) is 60.7 Å². The Labute approximate surface area is 257 Å². The normalized spacial score (nSPS) is 19.4. The standard InChI is InChI=1S/C36H38N2O6/c1-38-15-13-25-18-29(41-2)33(39)36-32(25)28(38)17-22-4-6-23(7-5-22)20-43-35-30(42-3)19-24-12-14-37-27(31(24)34(35)40)16-21-8-10-26(44-36)11-9-21/h4-11,18-19,27-28,37,39-40H,12-17,20H2,1-3H3/t27-,28+/m0/s1. The lowest BCUT2D eigenvalue weighted by Crippen LogP contribution is -2.33. The number of hydrogen-bond acceptors (Lipinski definition) is 8. The highest BCUT2D eigenvalue weighted by molar-refractivity contribution is 5.62. The number of phenolic OH excluding ortho intramolecular Hbond substituents is 2. The molecule has 0 amide bonds. The molecule has 4 aromatic carbocycles. The number of likely N-dealkylation sites (N-methyl/N-ethyl adjacent to an activating group) is 1. The molecule has 6 bridgehead atoms. The number of benzene rings is 4. The van der Waals surface area contributed by atoms with E-state index < -0.39 is 0 Å². The van der Waals surface area contributed by atoms with Gasteiger partial charge in [0.25, 0.3) is 0 Å². The van der Waals surface area contributed by atoms with Crippen molar-refractivity contribution in [2.24, 2.45) is 0 Å². The Morgan fingerprint density at radius 2 is 1.43 bits per heavy atom. The maximum absolute atomic E-state index is 11.5. The van der Waals surface area contributed by atoms with Crippen molar-refractivity contribution in [1.82, 2.24) is 10.2 Å². The van der Waals surface area contributed by atoms with E-state index in [1.807, 2.05) is 36.4 Å². The summed E-state index contributed by atoms with van der Waals surface area (Å²) in [5.74, 6) is 2.52. The van der Waals surface area contributed by atoms with Crippen molar-refractivity contribution in [2.45, 2.75) is 44.4 Å². The minimum Gasteiger partial charge on any atom is -0.504 e. The highest BCUT2D eigenvalue weighted by Crippen LogP contribution is 2.50. The van der Waals surface area contributed by atoms with Crippen LogP contribution in [-0.2, 0) is 32.3 Å². The van der Waals surface area contributed by atoms with E-state index in [-0.39, 0.29) is 23.6 Å². The molecule has 0 saturated heterocycles. The highest BCUT2D eigenvalue weighted by atomic mass is 16.5. The average Bonchev–Trinajstić information content (AvgIpc) is 3.04. The van der Waals surface area contributed by atoms with Crippen LogP contribution in [0.4, 0.5) is 0 Å². The summed E-state index contributed by atoms with van der Waals surface area (Å²) in [6, 6.07) is 20.1. The molecule has 2 atom stereocenters. The predicted octanol–water partition coefficient (Wildman–Crippen LogP) is 6.00. The fraction of sp³-hybridized carbons (Fsp3) is 0.333. The molecule has 0 spiro atoms. The molecule has 0 aliphatic carbocycles. The molecule has 0 fully saturated rings. The third kappa shape index (κ3) is 5.08. The van der Waals surface area contributed by atoms with Crippen LogP contribution in [0.25, 0.3) is 0 Å². The van der Waals surface area contributed by atoms with Crippen molar-refractivity contribution in [2.75, 3.05) is 34.4 Å². The topological polar surface area (TPSA) is 92.7 Å². The van der Waals surface area contributed by atoms with Gasteiger partial charge in [0.2, 0.25) is 11.5 Å². The van der Waals surface area contributed by atoms with Gasteiger partial charge in [-0.25, -0.2) is 0 Å². The van der Waals surface area contributed by atoms with Crippen LogP contribution in [0.3, 0.4) is 0 Å². The monoisotopic (exact) mass is 594 g/mol. The van der Waals surface area contributed by atoms with Gasteiger partial charge < -0.3 is 34.5 Å². The predicted molar refractivity (Wildman–Crippen MR) is 168 cm³/mol. The molecule has 6 heterocycles. The van der Waals surface area contributed by atoms with E-state index in [9.17, 15) is 10.2 Å². The van der Waals surface area contributed by atoms with E-state index in [0.29, 0.717) is 41.8 Å². The minimum absolute atomic E-state index is 0.00644. The number of rotatable bonds is 2. The molecule has 3 N–H and O–H groups in total. The Balaban J connectivity index is 1.35. The third-order valence-electron chi connectivity index (χ3n) is 9.28. The molecule has 0 radical (unpaired) electrons. The molecule has 44 heavy (non-hydrogen) atoms. The van der Waals surface area contributed by atoms with Crippen LogP contribution < -0.4 is 24.3 Å². The van der Waals surface area contributed by atoms with E-state index in [2.05, 4.69) is 41.5 Å². The first-order chi connectivity index (χ1) is 21.4. The van der Waals surface area contributed by atoms with Crippen LogP contribution in [0, 0.1) is 0 Å². The first-order valence-electron chi connectivity index (χ1n) is 15.2. The summed E-state index contributed by atoms with van der Waals surface area (Å²) in [4.78, 5) is 2.32. The smallest absolute Gasteiger partial charge is 0.204 e. The lowest BCUT2D eigenvalue weighted by molar-refractivity contribution is 0.222. The Morgan fingerprint density at radius 3 is 2.18 bits per heavy atom. The van der Waals surface area contributed by atoms with Crippen LogP contribution in [0.1, 0.15) is 51.0 Å². The van der Waals surface area contributed by atoms with E-state index in [1.54, 1.807) is 14.2 Å². The van der Waals surface area contributed by atoms with Crippen molar-refractivity contribution in [3.8, 4) is 40.2 Å². The minimum atomic E-state index is -0.102. The van der Waals surface area contributed by atoms with Crippen LogP contribution >= 0.6 is 0 Å². The molecule has 0 unspecified atom stereocenters. The van der Waals surface area contributed by atoms with Gasteiger partial charge in [-0.05, 0) is 91.4 Å².